The van der Waals surface area contributed by atoms with Crippen molar-refractivity contribution in [3.63, 3.8) is 0 Å². The van der Waals surface area contributed by atoms with Crippen molar-refractivity contribution >= 4 is 11.9 Å². The minimum Gasteiger partial charge on any atom is -0.444 e. The molecule has 1 saturated heterocycles. The maximum atomic E-state index is 12.4. The molecule has 5 heteroatoms. The number of likely N-dealkylation sites (tertiary alicyclic amines) is 1. The zero-order chi connectivity index (χ0) is 16.0. The highest BCUT2D eigenvalue weighted by Gasteiger charge is 2.54. The highest BCUT2D eigenvalue weighted by molar-refractivity contribution is 5.70. The van der Waals surface area contributed by atoms with E-state index in [1.54, 1.807) is 0 Å². The minimum absolute atomic E-state index is 0.00658. The molecule has 1 aliphatic carbocycles. The largest absolute Gasteiger partial charge is 0.444 e. The number of hydrogen-bond acceptors (Lipinski definition) is 4. The summed E-state index contributed by atoms with van der Waals surface area (Å²) in [6.45, 7) is 6.50. The average Bonchev–Trinajstić information content (AvgIpc) is 3.17. The third-order valence-corrected chi connectivity index (χ3v) is 4.62. The predicted octanol–water partition coefficient (Wildman–Crippen LogP) is 3.31. The van der Waals surface area contributed by atoms with Crippen molar-refractivity contribution < 1.29 is 9.53 Å². The van der Waals surface area contributed by atoms with Crippen LogP contribution in [0.25, 0.3) is 0 Å². The molecule has 0 unspecified atom stereocenters. The summed E-state index contributed by atoms with van der Waals surface area (Å²) >= 11 is 0. The van der Waals surface area contributed by atoms with Crippen molar-refractivity contribution in [2.24, 2.45) is 0 Å². The molecule has 2 fully saturated rings. The zero-order valence-corrected chi connectivity index (χ0v) is 13.6. The van der Waals surface area contributed by atoms with Crippen LogP contribution in [0.3, 0.4) is 0 Å². The molecule has 1 spiro atoms. The first-order chi connectivity index (χ1) is 10.3. The fourth-order valence-corrected chi connectivity index (χ4v) is 3.36. The summed E-state index contributed by atoms with van der Waals surface area (Å²) in [7, 11) is 0. The number of pyridine rings is 1. The van der Waals surface area contributed by atoms with Gasteiger partial charge in [-0.05, 0) is 64.0 Å². The third kappa shape index (κ3) is 3.03. The van der Waals surface area contributed by atoms with E-state index in [0.29, 0.717) is 11.7 Å². The Labute approximate surface area is 131 Å². The van der Waals surface area contributed by atoms with Crippen LogP contribution in [-0.2, 0) is 4.74 Å². The van der Waals surface area contributed by atoms with Crippen LogP contribution < -0.4 is 5.73 Å². The molecule has 1 amide bonds. The van der Waals surface area contributed by atoms with Crippen LogP contribution in [0.2, 0.25) is 0 Å². The standard InChI is InChI=1S/C17H25N3O2/c1-16(2,3)22-15(21)20-9-6-12(10-17(20)7-8-17)13-4-5-14(18)19-11-13/h4-5,11-12H,6-10H2,1-3H3,(H2,18,19)/t12-/m1/s1. The van der Waals surface area contributed by atoms with Gasteiger partial charge in [-0.1, -0.05) is 6.07 Å². The van der Waals surface area contributed by atoms with Crippen molar-refractivity contribution in [2.75, 3.05) is 12.3 Å². The summed E-state index contributed by atoms with van der Waals surface area (Å²) in [6.07, 6.45) is 5.80. The maximum absolute atomic E-state index is 12.4. The lowest BCUT2D eigenvalue weighted by Crippen LogP contribution is -2.49. The predicted molar refractivity (Wildman–Crippen MR) is 85.5 cm³/mol. The van der Waals surface area contributed by atoms with E-state index in [9.17, 15) is 4.79 Å². The second-order valence-corrected chi connectivity index (χ2v) is 7.56. The highest BCUT2D eigenvalue weighted by atomic mass is 16.6. The molecule has 5 nitrogen and oxygen atoms in total. The lowest BCUT2D eigenvalue weighted by molar-refractivity contribution is 0.00372. The topological polar surface area (TPSA) is 68.5 Å². The van der Waals surface area contributed by atoms with Gasteiger partial charge in [0.05, 0.1) is 0 Å². The number of nitrogens with two attached hydrogens (primary N) is 1. The summed E-state index contributed by atoms with van der Waals surface area (Å²) in [5.74, 6) is 1.00. The lowest BCUT2D eigenvalue weighted by Gasteiger charge is -2.40. The average molecular weight is 303 g/mol. The van der Waals surface area contributed by atoms with Crippen LogP contribution in [0.1, 0.15) is 57.9 Å². The number of rotatable bonds is 1. The fourth-order valence-electron chi connectivity index (χ4n) is 3.36. The maximum Gasteiger partial charge on any atom is 0.410 e. The molecule has 0 aromatic carbocycles. The van der Waals surface area contributed by atoms with Crippen molar-refractivity contribution in [1.82, 2.24) is 9.88 Å². The Morgan fingerprint density at radius 3 is 2.68 bits per heavy atom. The summed E-state index contributed by atoms with van der Waals surface area (Å²) in [5, 5.41) is 0. The Hall–Kier alpha value is -1.78. The van der Waals surface area contributed by atoms with Gasteiger partial charge in [-0.25, -0.2) is 9.78 Å². The third-order valence-electron chi connectivity index (χ3n) is 4.62. The molecule has 120 valence electrons. The van der Waals surface area contributed by atoms with E-state index in [-0.39, 0.29) is 11.6 Å². The number of carbonyl (C=O) groups is 1. The first kappa shape index (κ1) is 15.1. The molecule has 2 N–H and O–H groups in total. The van der Waals surface area contributed by atoms with E-state index in [0.717, 1.165) is 32.2 Å². The van der Waals surface area contributed by atoms with E-state index in [1.807, 2.05) is 37.9 Å². The van der Waals surface area contributed by atoms with Crippen LogP contribution in [0.15, 0.2) is 18.3 Å². The van der Waals surface area contributed by atoms with Gasteiger partial charge in [0, 0.05) is 18.3 Å². The highest BCUT2D eigenvalue weighted by Crippen LogP contribution is 2.52. The Morgan fingerprint density at radius 1 is 1.41 bits per heavy atom. The smallest absolute Gasteiger partial charge is 0.410 e. The molecule has 0 radical (unpaired) electrons. The van der Waals surface area contributed by atoms with Gasteiger partial charge in [0.25, 0.3) is 0 Å². The lowest BCUT2D eigenvalue weighted by atomic mass is 9.84. The Bertz CT molecular complexity index is 558. The number of anilines is 1. The van der Waals surface area contributed by atoms with E-state index < -0.39 is 5.60 Å². The van der Waals surface area contributed by atoms with Crippen LogP contribution >= 0.6 is 0 Å². The molecule has 1 aromatic heterocycles. The molecule has 3 rings (SSSR count). The Morgan fingerprint density at radius 2 is 2.14 bits per heavy atom. The van der Waals surface area contributed by atoms with Gasteiger partial charge in [-0.2, -0.15) is 0 Å². The Balaban J connectivity index is 1.70. The summed E-state index contributed by atoms with van der Waals surface area (Å²) in [4.78, 5) is 18.6. The van der Waals surface area contributed by atoms with Crippen LogP contribution in [0.4, 0.5) is 10.6 Å². The van der Waals surface area contributed by atoms with Gasteiger partial charge >= 0.3 is 6.09 Å². The van der Waals surface area contributed by atoms with E-state index in [1.165, 1.54) is 5.56 Å². The van der Waals surface area contributed by atoms with Gasteiger partial charge in [0.15, 0.2) is 0 Å². The molecule has 0 bridgehead atoms. The number of carbonyl (C=O) groups excluding carboxylic acids is 1. The number of nitrogens with zero attached hydrogens (tertiary/aromatic N) is 2. The molecular weight excluding hydrogens is 278 g/mol. The van der Waals surface area contributed by atoms with Gasteiger partial charge in [-0.15, -0.1) is 0 Å². The first-order valence-corrected chi connectivity index (χ1v) is 8.01. The van der Waals surface area contributed by atoms with Gasteiger partial charge in [-0.3, -0.25) is 0 Å². The van der Waals surface area contributed by atoms with Crippen molar-refractivity contribution in [3.05, 3.63) is 23.9 Å². The summed E-state index contributed by atoms with van der Waals surface area (Å²) < 4.78 is 5.57. The molecule has 2 heterocycles. The Kier molecular flexibility index (Phi) is 3.54. The summed E-state index contributed by atoms with van der Waals surface area (Å²) in [6, 6.07) is 3.92. The molecule has 1 aromatic rings. The van der Waals surface area contributed by atoms with E-state index in [4.69, 9.17) is 10.5 Å². The van der Waals surface area contributed by atoms with Crippen LogP contribution in [-0.4, -0.2) is 33.7 Å². The van der Waals surface area contributed by atoms with Gasteiger partial charge < -0.3 is 15.4 Å². The second-order valence-electron chi connectivity index (χ2n) is 7.56. The van der Waals surface area contributed by atoms with E-state index in [2.05, 4.69) is 11.1 Å². The van der Waals surface area contributed by atoms with Crippen molar-refractivity contribution in [3.8, 4) is 0 Å². The van der Waals surface area contributed by atoms with Gasteiger partial charge in [0.1, 0.15) is 11.4 Å². The van der Waals surface area contributed by atoms with Crippen LogP contribution in [0, 0.1) is 0 Å². The summed E-state index contributed by atoms with van der Waals surface area (Å²) in [5.41, 5.74) is 6.46. The number of ether oxygens (including phenoxy) is 1. The van der Waals surface area contributed by atoms with Crippen molar-refractivity contribution in [1.29, 1.82) is 0 Å². The molecule has 1 atom stereocenters. The number of piperidine rings is 1. The molecule has 2 aliphatic rings. The number of aromatic nitrogens is 1. The number of hydrogen-bond donors (Lipinski definition) is 1. The van der Waals surface area contributed by atoms with Crippen molar-refractivity contribution in [2.45, 2.75) is 63.5 Å². The van der Waals surface area contributed by atoms with Gasteiger partial charge in [0.2, 0.25) is 0 Å². The molecule has 1 aliphatic heterocycles. The number of nitrogen functional groups attached to an aromatic ring is 1. The normalized spacial score (nSPS) is 23.4. The molecule has 1 saturated carbocycles. The molecule has 22 heavy (non-hydrogen) atoms. The monoisotopic (exact) mass is 303 g/mol. The SMILES string of the molecule is CC(C)(C)OC(=O)N1CC[C@@H](c2ccc(N)nc2)CC12CC2. The molecular formula is C17H25N3O2. The second kappa shape index (κ2) is 5.14. The quantitative estimate of drug-likeness (QED) is 0.864. The van der Waals surface area contributed by atoms with Crippen LogP contribution in [0.5, 0.6) is 0 Å². The first-order valence-electron chi connectivity index (χ1n) is 8.01. The van der Waals surface area contributed by atoms with E-state index >= 15 is 0 Å². The number of amides is 1. The fraction of sp³-hybridized carbons (Fsp3) is 0.647. The zero-order valence-electron chi connectivity index (χ0n) is 13.6. The minimum atomic E-state index is -0.440.